The number of furan rings is 2. The van der Waals surface area contributed by atoms with E-state index in [2.05, 4.69) is 99.0 Å². The summed E-state index contributed by atoms with van der Waals surface area (Å²) < 4.78 is 13.0. The summed E-state index contributed by atoms with van der Waals surface area (Å²) in [5.41, 5.74) is 16.1. The molecular formula is C40H32O2S. The van der Waals surface area contributed by atoms with Gasteiger partial charge < -0.3 is 8.83 Å². The summed E-state index contributed by atoms with van der Waals surface area (Å²) in [7, 11) is 0. The molecule has 43 heavy (non-hydrogen) atoms. The van der Waals surface area contributed by atoms with Crippen molar-refractivity contribution >= 4 is 61.5 Å². The molecule has 2 aliphatic carbocycles. The van der Waals surface area contributed by atoms with E-state index in [-0.39, 0.29) is 0 Å². The second-order valence-electron chi connectivity index (χ2n) is 11.4. The minimum absolute atomic E-state index is 0.587. The largest absolute Gasteiger partial charge is 0.456 e. The van der Waals surface area contributed by atoms with Gasteiger partial charge in [-0.3, -0.25) is 0 Å². The normalized spacial score (nSPS) is 17.0. The summed E-state index contributed by atoms with van der Waals surface area (Å²) in [6.45, 7) is 6.61. The van der Waals surface area contributed by atoms with E-state index in [0.29, 0.717) is 0 Å². The fraction of sp³-hybridized carbons (Fsp3) is 0.175. The van der Waals surface area contributed by atoms with Crippen LogP contribution >= 0.6 is 12.2 Å². The topological polar surface area (TPSA) is 26.3 Å². The van der Waals surface area contributed by atoms with Crippen molar-refractivity contribution in [1.82, 2.24) is 0 Å². The number of hydrogen-bond donors (Lipinski definition) is 0. The molecule has 0 fully saturated rings. The molecule has 3 aromatic carbocycles. The molecule has 0 aliphatic heterocycles. The van der Waals surface area contributed by atoms with E-state index in [9.17, 15) is 0 Å². The molecule has 0 spiro atoms. The van der Waals surface area contributed by atoms with E-state index >= 15 is 0 Å². The van der Waals surface area contributed by atoms with E-state index in [1.54, 1.807) is 0 Å². The van der Waals surface area contributed by atoms with E-state index in [1.807, 2.05) is 35.7 Å². The van der Waals surface area contributed by atoms with E-state index in [0.717, 1.165) is 74.3 Å². The Hall–Kier alpha value is -4.65. The number of para-hydroxylation sites is 1. The van der Waals surface area contributed by atoms with Gasteiger partial charge in [0.15, 0.2) is 0 Å². The second kappa shape index (κ2) is 10.9. The molecule has 0 bridgehead atoms. The molecule has 0 amide bonds. The standard InChI is InChI=1S/C40H32O2S/c1-4-5-14-26(2)36(27-15-7-6-8-16-27)30-18-9-11-19-31(30)40(3,25-43)32-20-13-22-34-37(32)38-35(41-34)24-23-29-28-17-10-12-21-33(28)42-39(29)38/h5,7,10,12-25H,4,9,11H2,1-3H3/b14-5-,36-26+. The van der Waals surface area contributed by atoms with Crippen LogP contribution in [0.1, 0.15) is 45.6 Å². The Bertz CT molecular complexity index is 2230. The van der Waals surface area contributed by atoms with Crippen LogP contribution < -0.4 is 0 Å². The zero-order chi connectivity index (χ0) is 29.6. The second-order valence-corrected chi connectivity index (χ2v) is 11.7. The third kappa shape index (κ3) is 4.37. The van der Waals surface area contributed by atoms with E-state index < -0.39 is 5.41 Å². The third-order valence-corrected chi connectivity index (χ3v) is 9.20. The van der Waals surface area contributed by atoms with Gasteiger partial charge in [0.1, 0.15) is 22.3 Å². The van der Waals surface area contributed by atoms with Crippen LogP contribution in [0.5, 0.6) is 0 Å². The van der Waals surface area contributed by atoms with Crippen LogP contribution in [0.3, 0.4) is 0 Å². The molecule has 5 aromatic rings. The zero-order valence-electron chi connectivity index (χ0n) is 24.7. The highest BCUT2D eigenvalue weighted by Gasteiger charge is 2.36. The molecule has 7 rings (SSSR count). The van der Waals surface area contributed by atoms with Crippen LogP contribution in [-0.4, -0.2) is 5.37 Å². The van der Waals surface area contributed by atoms with Crippen molar-refractivity contribution in [3.63, 3.8) is 0 Å². The van der Waals surface area contributed by atoms with Gasteiger partial charge in [-0.15, -0.1) is 0 Å². The maximum atomic E-state index is 6.52. The lowest BCUT2D eigenvalue weighted by atomic mass is 9.68. The highest BCUT2D eigenvalue weighted by atomic mass is 32.1. The molecule has 210 valence electrons. The van der Waals surface area contributed by atoms with Crippen molar-refractivity contribution in [3.8, 4) is 0 Å². The Morgan fingerprint density at radius 1 is 0.907 bits per heavy atom. The molecule has 3 heteroatoms. The lowest BCUT2D eigenvalue weighted by Crippen LogP contribution is -2.29. The van der Waals surface area contributed by atoms with Gasteiger partial charge in [0.2, 0.25) is 0 Å². The van der Waals surface area contributed by atoms with Gasteiger partial charge in [-0.25, -0.2) is 0 Å². The van der Waals surface area contributed by atoms with Crippen LogP contribution in [-0.2, 0) is 5.41 Å². The van der Waals surface area contributed by atoms with Crippen molar-refractivity contribution in [1.29, 1.82) is 0 Å². The maximum absolute atomic E-state index is 6.52. The predicted octanol–water partition coefficient (Wildman–Crippen LogP) is 11.5. The minimum atomic E-state index is -0.587. The first-order valence-electron chi connectivity index (χ1n) is 14.9. The molecule has 0 radical (unpaired) electrons. The van der Waals surface area contributed by atoms with Gasteiger partial charge in [0.25, 0.3) is 0 Å². The number of fused-ring (bicyclic) bond motifs is 7. The smallest absolute Gasteiger partial charge is 0.147 e. The Labute approximate surface area is 257 Å². The number of allylic oxidation sites excluding steroid dienone is 12. The van der Waals surface area contributed by atoms with Crippen molar-refractivity contribution < 1.29 is 8.83 Å². The van der Waals surface area contributed by atoms with Crippen LogP contribution in [0, 0.1) is 0 Å². The third-order valence-electron chi connectivity index (χ3n) is 8.73. The van der Waals surface area contributed by atoms with Gasteiger partial charge in [-0.2, -0.15) is 0 Å². The first-order valence-corrected chi connectivity index (χ1v) is 15.4. The number of thiocarbonyl (C=S) groups is 1. The van der Waals surface area contributed by atoms with Crippen molar-refractivity contribution in [2.75, 3.05) is 0 Å². The van der Waals surface area contributed by atoms with Gasteiger partial charge in [-0.05, 0) is 114 Å². The summed E-state index contributed by atoms with van der Waals surface area (Å²) in [6.07, 6.45) is 18.2. The fourth-order valence-electron chi connectivity index (χ4n) is 6.67. The molecule has 1 unspecified atom stereocenters. The van der Waals surface area contributed by atoms with Crippen molar-refractivity contribution in [2.45, 2.75) is 45.4 Å². The summed E-state index contributed by atoms with van der Waals surface area (Å²) in [5.74, 6) is 0. The SMILES string of the molecule is CC/C=C\C(C)=C(/C1=CC=C=C=C1)C1=CCCC=C1C(C)(C=S)c1cccc2oc3ccc4c5ccccc5oc4c3c12. The summed E-state index contributed by atoms with van der Waals surface area (Å²) in [5, 5.41) is 6.17. The zero-order valence-corrected chi connectivity index (χ0v) is 25.5. The molecule has 2 nitrogen and oxygen atoms in total. The van der Waals surface area contributed by atoms with E-state index in [4.69, 9.17) is 21.1 Å². The quantitative estimate of drug-likeness (QED) is 0.109. The van der Waals surface area contributed by atoms with Crippen LogP contribution in [0.25, 0.3) is 43.9 Å². The van der Waals surface area contributed by atoms with Crippen LogP contribution in [0.4, 0.5) is 0 Å². The average Bonchev–Trinajstić information content (AvgIpc) is 3.62. The number of hydrogen-bond acceptors (Lipinski definition) is 3. The average molecular weight is 577 g/mol. The van der Waals surface area contributed by atoms with Crippen molar-refractivity contribution in [3.05, 3.63) is 142 Å². The first-order chi connectivity index (χ1) is 21.0. The monoisotopic (exact) mass is 576 g/mol. The molecule has 0 saturated heterocycles. The lowest BCUT2D eigenvalue weighted by molar-refractivity contribution is 0.662. The summed E-state index contributed by atoms with van der Waals surface area (Å²) in [4.78, 5) is 0. The Morgan fingerprint density at radius 2 is 1.72 bits per heavy atom. The Kier molecular flexibility index (Phi) is 6.88. The predicted molar refractivity (Wildman–Crippen MR) is 184 cm³/mol. The maximum Gasteiger partial charge on any atom is 0.147 e. The fourth-order valence-corrected chi connectivity index (χ4v) is 6.92. The van der Waals surface area contributed by atoms with Gasteiger partial charge in [-0.1, -0.05) is 85.2 Å². The lowest BCUT2D eigenvalue weighted by Gasteiger charge is -2.34. The van der Waals surface area contributed by atoms with Crippen LogP contribution in [0.2, 0.25) is 0 Å². The summed E-state index contributed by atoms with van der Waals surface area (Å²) in [6, 6.07) is 18.7. The first kappa shape index (κ1) is 27.2. The molecular weight excluding hydrogens is 545 g/mol. The Morgan fingerprint density at radius 3 is 2.53 bits per heavy atom. The molecule has 2 heterocycles. The molecule has 2 aliphatic rings. The van der Waals surface area contributed by atoms with E-state index in [1.165, 1.54) is 22.3 Å². The summed E-state index contributed by atoms with van der Waals surface area (Å²) >= 11 is 5.96. The number of benzene rings is 3. The highest BCUT2D eigenvalue weighted by Crippen LogP contribution is 2.48. The molecule has 1 atom stereocenters. The highest BCUT2D eigenvalue weighted by molar-refractivity contribution is 7.79. The minimum Gasteiger partial charge on any atom is -0.456 e. The van der Waals surface area contributed by atoms with Gasteiger partial charge in [0, 0.05) is 21.6 Å². The molecule has 0 N–H and O–H groups in total. The molecule has 2 aromatic heterocycles. The number of rotatable bonds is 7. The molecule has 0 saturated carbocycles. The van der Waals surface area contributed by atoms with Crippen LogP contribution in [0.15, 0.2) is 145 Å². The van der Waals surface area contributed by atoms with Crippen molar-refractivity contribution in [2.24, 2.45) is 0 Å². The van der Waals surface area contributed by atoms with Gasteiger partial charge in [0.05, 0.1) is 5.39 Å². The van der Waals surface area contributed by atoms with Gasteiger partial charge >= 0.3 is 0 Å². The Balaban J connectivity index is 1.49.